The van der Waals surface area contributed by atoms with Crippen molar-refractivity contribution in [3.05, 3.63) is 53.9 Å². The topological polar surface area (TPSA) is 83.1 Å². The summed E-state index contributed by atoms with van der Waals surface area (Å²) in [6.07, 6.45) is 1.55. The molecule has 0 spiro atoms. The lowest BCUT2D eigenvalue weighted by Crippen LogP contribution is -2.29. The first-order valence-electron chi connectivity index (χ1n) is 8.63. The van der Waals surface area contributed by atoms with Crippen LogP contribution in [0.5, 0.6) is 17.2 Å². The molecule has 29 heavy (non-hydrogen) atoms. The number of hydrogen-bond acceptors (Lipinski definition) is 6. The highest BCUT2D eigenvalue weighted by Crippen LogP contribution is 2.35. The Labute approximate surface area is 168 Å². The first-order valence-corrected chi connectivity index (χ1v) is 8.63. The molecule has 0 unspecified atom stereocenters. The predicted molar refractivity (Wildman–Crippen MR) is 106 cm³/mol. The first kappa shape index (κ1) is 21.7. The van der Waals surface area contributed by atoms with E-state index in [0.29, 0.717) is 22.8 Å². The number of carbonyl (C=O) groups is 2. The molecule has 0 aliphatic carbocycles. The van der Waals surface area contributed by atoms with E-state index < -0.39 is 23.8 Å². The number of halogens is 1. The highest BCUT2D eigenvalue weighted by Gasteiger charge is 2.17. The molecule has 0 fully saturated rings. The van der Waals surface area contributed by atoms with Crippen LogP contribution in [0.1, 0.15) is 12.5 Å². The minimum absolute atomic E-state index is 0.267. The Balaban J connectivity index is 2.04. The molecule has 0 saturated heterocycles. The Morgan fingerprint density at radius 1 is 1.00 bits per heavy atom. The molecule has 1 atom stereocenters. The zero-order valence-electron chi connectivity index (χ0n) is 16.5. The summed E-state index contributed by atoms with van der Waals surface area (Å²) in [5.74, 6) is -0.400. The number of carbonyl (C=O) groups excluding carboxylic acids is 2. The molecule has 0 saturated carbocycles. The van der Waals surface area contributed by atoms with Crippen LogP contribution in [-0.2, 0) is 14.3 Å². The number of benzene rings is 2. The van der Waals surface area contributed by atoms with Crippen LogP contribution < -0.4 is 19.5 Å². The molecule has 0 aromatic heterocycles. The Hall–Kier alpha value is -3.55. The summed E-state index contributed by atoms with van der Waals surface area (Å²) >= 11 is 0. The Bertz CT molecular complexity index is 912. The monoisotopic (exact) mass is 403 g/mol. The molecule has 1 N–H and O–H groups in total. The second-order valence-electron chi connectivity index (χ2n) is 5.86. The second-order valence-corrected chi connectivity index (χ2v) is 5.86. The summed E-state index contributed by atoms with van der Waals surface area (Å²) in [7, 11) is 4.47. The van der Waals surface area contributed by atoms with Crippen LogP contribution in [0.4, 0.5) is 10.1 Å². The smallest absolute Gasteiger partial charge is 0.331 e. The molecule has 2 aromatic carbocycles. The van der Waals surface area contributed by atoms with E-state index in [1.807, 2.05) is 0 Å². The minimum Gasteiger partial charge on any atom is -0.496 e. The number of hydrogen-bond donors (Lipinski definition) is 1. The van der Waals surface area contributed by atoms with Gasteiger partial charge in [-0.25, -0.2) is 9.18 Å². The van der Waals surface area contributed by atoms with Crippen LogP contribution in [0.15, 0.2) is 42.5 Å². The van der Waals surface area contributed by atoms with Crippen molar-refractivity contribution in [2.45, 2.75) is 13.0 Å². The maximum Gasteiger partial charge on any atom is 0.331 e. The average molecular weight is 403 g/mol. The molecule has 0 aliphatic heterocycles. The highest BCUT2D eigenvalue weighted by atomic mass is 19.1. The summed E-state index contributed by atoms with van der Waals surface area (Å²) in [6, 6.07) is 8.67. The zero-order chi connectivity index (χ0) is 21.4. The SMILES string of the molecule is COc1cc(OC)c(OC)cc1/C=C/C(=O)O[C@@H](C)C(=O)Nc1cccc(F)c1. The van der Waals surface area contributed by atoms with Crippen molar-refractivity contribution >= 4 is 23.6 Å². The molecule has 0 bridgehead atoms. The molecule has 0 aliphatic rings. The first-order chi connectivity index (χ1) is 13.9. The Morgan fingerprint density at radius 2 is 1.66 bits per heavy atom. The predicted octanol–water partition coefficient (Wildman–Crippen LogP) is 3.44. The molecular weight excluding hydrogens is 381 g/mol. The molecule has 7 nitrogen and oxygen atoms in total. The number of methoxy groups -OCH3 is 3. The molecule has 2 rings (SSSR count). The van der Waals surface area contributed by atoms with Gasteiger partial charge in [-0.1, -0.05) is 6.07 Å². The van der Waals surface area contributed by atoms with Crippen LogP contribution in [-0.4, -0.2) is 39.3 Å². The van der Waals surface area contributed by atoms with Gasteiger partial charge in [0, 0.05) is 23.4 Å². The normalized spacial score (nSPS) is 11.6. The summed E-state index contributed by atoms with van der Waals surface area (Å²) in [6.45, 7) is 1.41. The summed E-state index contributed by atoms with van der Waals surface area (Å²) in [5.41, 5.74) is 0.822. The van der Waals surface area contributed by atoms with Crippen LogP contribution in [0.25, 0.3) is 6.08 Å². The van der Waals surface area contributed by atoms with Crippen molar-refractivity contribution in [3.8, 4) is 17.2 Å². The van der Waals surface area contributed by atoms with E-state index in [-0.39, 0.29) is 5.69 Å². The van der Waals surface area contributed by atoms with E-state index in [0.717, 1.165) is 12.1 Å². The fourth-order valence-electron chi connectivity index (χ4n) is 2.42. The van der Waals surface area contributed by atoms with Gasteiger partial charge < -0.3 is 24.3 Å². The molecule has 154 valence electrons. The molecule has 0 heterocycles. The van der Waals surface area contributed by atoms with Gasteiger partial charge >= 0.3 is 5.97 Å². The number of rotatable bonds is 8. The number of anilines is 1. The number of ether oxygens (including phenoxy) is 4. The standard InChI is InChI=1S/C21H22FNO6/c1-13(21(25)23-16-7-5-6-15(22)11-16)29-20(24)9-8-14-10-18(27-3)19(28-4)12-17(14)26-2/h5-13H,1-4H3,(H,23,25)/b9-8+/t13-/m0/s1. The number of amides is 1. The lowest BCUT2D eigenvalue weighted by molar-refractivity contribution is -0.148. The van der Waals surface area contributed by atoms with Gasteiger partial charge in [-0.15, -0.1) is 0 Å². The van der Waals surface area contributed by atoms with E-state index in [2.05, 4.69) is 5.32 Å². The van der Waals surface area contributed by atoms with Crippen molar-refractivity contribution in [3.63, 3.8) is 0 Å². The number of esters is 1. The van der Waals surface area contributed by atoms with Gasteiger partial charge in [0.05, 0.1) is 21.3 Å². The largest absolute Gasteiger partial charge is 0.496 e. The van der Waals surface area contributed by atoms with Crippen molar-refractivity contribution in [1.29, 1.82) is 0 Å². The third kappa shape index (κ3) is 5.97. The van der Waals surface area contributed by atoms with Gasteiger partial charge in [-0.2, -0.15) is 0 Å². The van der Waals surface area contributed by atoms with Crippen molar-refractivity contribution in [2.24, 2.45) is 0 Å². The van der Waals surface area contributed by atoms with Gasteiger partial charge in [-0.3, -0.25) is 4.79 Å². The van der Waals surface area contributed by atoms with Gasteiger partial charge in [-0.05, 0) is 37.3 Å². The molecular formula is C21H22FNO6. The molecule has 1 amide bonds. The maximum atomic E-state index is 13.2. The zero-order valence-corrected chi connectivity index (χ0v) is 16.5. The van der Waals surface area contributed by atoms with E-state index in [4.69, 9.17) is 18.9 Å². The number of nitrogens with one attached hydrogen (secondary N) is 1. The van der Waals surface area contributed by atoms with Crippen molar-refractivity contribution in [2.75, 3.05) is 26.6 Å². The van der Waals surface area contributed by atoms with Gasteiger partial charge in [0.15, 0.2) is 17.6 Å². The summed E-state index contributed by atoms with van der Waals surface area (Å²) < 4.78 is 34.0. The molecule has 2 aromatic rings. The fourth-order valence-corrected chi connectivity index (χ4v) is 2.42. The van der Waals surface area contributed by atoms with Crippen molar-refractivity contribution < 1.29 is 32.9 Å². The molecule has 8 heteroatoms. The van der Waals surface area contributed by atoms with Gasteiger partial charge in [0.25, 0.3) is 5.91 Å². The Kier molecular flexibility index (Phi) is 7.59. The van der Waals surface area contributed by atoms with Crippen LogP contribution in [0, 0.1) is 5.82 Å². The lowest BCUT2D eigenvalue weighted by atomic mass is 10.1. The van der Waals surface area contributed by atoms with Crippen LogP contribution in [0.3, 0.4) is 0 Å². The third-order valence-corrected chi connectivity index (χ3v) is 3.89. The van der Waals surface area contributed by atoms with Crippen LogP contribution in [0.2, 0.25) is 0 Å². The average Bonchev–Trinajstić information content (AvgIpc) is 2.71. The third-order valence-electron chi connectivity index (χ3n) is 3.89. The van der Waals surface area contributed by atoms with Crippen LogP contribution >= 0.6 is 0 Å². The lowest BCUT2D eigenvalue weighted by Gasteiger charge is -2.13. The fraction of sp³-hybridized carbons (Fsp3) is 0.238. The Morgan fingerprint density at radius 3 is 2.28 bits per heavy atom. The highest BCUT2D eigenvalue weighted by molar-refractivity contribution is 5.96. The minimum atomic E-state index is -1.08. The van der Waals surface area contributed by atoms with E-state index >= 15 is 0 Å². The van der Waals surface area contributed by atoms with E-state index in [1.165, 1.54) is 52.5 Å². The quantitative estimate of drug-likeness (QED) is 0.537. The van der Waals surface area contributed by atoms with E-state index in [9.17, 15) is 14.0 Å². The maximum absolute atomic E-state index is 13.2. The van der Waals surface area contributed by atoms with E-state index in [1.54, 1.807) is 12.1 Å². The summed E-state index contributed by atoms with van der Waals surface area (Å²) in [4.78, 5) is 24.2. The van der Waals surface area contributed by atoms with Gasteiger partial charge in [0.2, 0.25) is 0 Å². The second kappa shape index (κ2) is 10.1. The summed E-state index contributed by atoms with van der Waals surface area (Å²) in [5, 5.41) is 2.48. The van der Waals surface area contributed by atoms with Crippen molar-refractivity contribution in [1.82, 2.24) is 0 Å². The molecule has 0 radical (unpaired) electrons. The van der Waals surface area contributed by atoms with Gasteiger partial charge in [0.1, 0.15) is 11.6 Å².